The van der Waals surface area contributed by atoms with Crippen LogP contribution in [0.15, 0.2) is 42.5 Å². The molecule has 0 spiro atoms. The minimum Gasteiger partial charge on any atom is -0.492 e. The topological polar surface area (TPSA) is 67.5 Å². The number of nitrogens with one attached hydrogen (secondary N) is 1. The molecule has 0 bridgehead atoms. The van der Waals surface area contributed by atoms with E-state index in [0.717, 1.165) is 30.2 Å². The number of hydrogen-bond donors (Lipinski definition) is 3. The maximum Gasteiger partial charge on any atom is 0.129 e. The monoisotopic (exact) mass is 392 g/mol. The average molecular weight is 392 g/mol. The molecule has 2 atom stereocenters. The predicted molar refractivity (Wildman–Crippen MR) is 107 cm³/mol. The van der Waals surface area contributed by atoms with E-state index in [0.29, 0.717) is 6.54 Å². The Hall–Kier alpha value is -2.02. The maximum atomic E-state index is 13.1. The smallest absolute Gasteiger partial charge is 0.129 e. The fourth-order valence-electron chi connectivity index (χ4n) is 2.89. The van der Waals surface area contributed by atoms with Gasteiger partial charge in [-0.15, -0.1) is 0 Å². The summed E-state index contributed by atoms with van der Waals surface area (Å²) in [6.45, 7) is 7.46. The summed E-state index contributed by atoms with van der Waals surface area (Å²) in [5.41, 5.74) is 8.54. The van der Waals surface area contributed by atoms with Gasteiger partial charge in [0.1, 0.15) is 24.0 Å². The van der Waals surface area contributed by atoms with Crippen LogP contribution in [-0.4, -0.2) is 30.4 Å². The van der Waals surface area contributed by atoms with Crippen LogP contribution in [0.1, 0.15) is 31.9 Å². The third kappa shape index (κ3) is 7.92. The number of benzene rings is 2. The number of rotatable bonds is 9. The lowest BCUT2D eigenvalue weighted by Crippen LogP contribution is -2.45. The molecule has 0 aliphatic rings. The summed E-state index contributed by atoms with van der Waals surface area (Å²) in [6, 6.07) is 10.6. The molecule has 28 heavy (non-hydrogen) atoms. The first kappa shape index (κ1) is 22.3. The van der Waals surface area contributed by atoms with Gasteiger partial charge in [0.25, 0.3) is 0 Å². The highest BCUT2D eigenvalue weighted by atomic mass is 19.1. The molecule has 4 nitrogen and oxygen atoms in total. The van der Waals surface area contributed by atoms with Crippen LogP contribution >= 0.6 is 0 Å². The Balaban J connectivity index is 1.77. The van der Waals surface area contributed by atoms with E-state index in [1.54, 1.807) is 0 Å². The Labute approximate surface area is 165 Å². The van der Waals surface area contributed by atoms with Crippen LogP contribution < -0.4 is 15.8 Å². The molecule has 2 aromatic carbocycles. The molecule has 0 saturated heterocycles. The molecule has 2 rings (SSSR count). The van der Waals surface area contributed by atoms with Crippen molar-refractivity contribution in [1.82, 2.24) is 5.32 Å². The lowest BCUT2D eigenvalue weighted by Gasteiger charge is -2.20. The van der Waals surface area contributed by atoms with Crippen LogP contribution in [0.25, 0.3) is 0 Å². The average Bonchev–Trinajstić information content (AvgIpc) is 2.57. The molecule has 0 aliphatic heterocycles. The molecule has 0 radical (unpaired) electrons. The lowest BCUT2D eigenvalue weighted by molar-refractivity contribution is 0.114. The Morgan fingerprint density at radius 1 is 1.07 bits per heavy atom. The van der Waals surface area contributed by atoms with E-state index in [-0.39, 0.29) is 24.3 Å². The first-order chi connectivity index (χ1) is 13.1. The largest absolute Gasteiger partial charge is 0.492 e. The predicted octanol–water partition coefficient (Wildman–Crippen LogP) is 3.41. The summed E-state index contributed by atoms with van der Waals surface area (Å²) in [7, 11) is 0. The minimum atomic E-state index is -0.851. The highest BCUT2D eigenvalue weighted by Crippen LogP contribution is 2.21. The quantitative estimate of drug-likeness (QED) is 0.612. The summed E-state index contributed by atoms with van der Waals surface area (Å²) < 4.78 is 31.6. The zero-order valence-corrected chi connectivity index (χ0v) is 16.7. The van der Waals surface area contributed by atoms with Crippen LogP contribution in [0.2, 0.25) is 0 Å². The summed E-state index contributed by atoms with van der Waals surface area (Å²) in [4.78, 5) is 0. The van der Waals surface area contributed by atoms with Crippen molar-refractivity contribution in [3.8, 4) is 5.75 Å². The van der Waals surface area contributed by atoms with Gasteiger partial charge < -0.3 is 20.9 Å². The van der Waals surface area contributed by atoms with E-state index in [4.69, 9.17) is 10.5 Å². The zero-order valence-electron chi connectivity index (χ0n) is 16.7. The Bertz CT molecular complexity index is 742. The SMILES string of the molecule is CC(C)(C)Cc1cccc(CNC[C@@H](O)[C@@H](N)COc2cc(F)cc(F)c2)c1. The van der Waals surface area contributed by atoms with E-state index in [1.807, 2.05) is 12.1 Å². The molecule has 0 saturated carbocycles. The summed E-state index contributed by atoms with van der Waals surface area (Å²) in [6.07, 6.45) is 0.142. The second kappa shape index (κ2) is 9.96. The third-order valence-corrected chi connectivity index (χ3v) is 4.18. The van der Waals surface area contributed by atoms with E-state index < -0.39 is 23.8 Å². The fourth-order valence-corrected chi connectivity index (χ4v) is 2.89. The maximum absolute atomic E-state index is 13.1. The van der Waals surface area contributed by atoms with Crippen molar-refractivity contribution in [3.63, 3.8) is 0 Å². The van der Waals surface area contributed by atoms with Crippen LogP contribution in [0.4, 0.5) is 8.78 Å². The summed E-state index contributed by atoms with van der Waals surface area (Å²) in [5.74, 6) is -1.40. The van der Waals surface area contributed by atoms with E-state index >= 15 is 0 Å². The highest BCUT2D eigenvalue weighted by molar-refractivity contribution is 5.25. The van der Waals surface area contributed by atoms with Crippen molar-refractivity contribution in [3.05, 3.63) is 65.2 Å². The van der Waals surface area contributed by atoms with Crippen LogP contribution in [0, 0.1) is 17.0 Å². The van der Waals surface area contributed by atoms with Crippen LogP contribution in [-0.2, 0) is 13.0 Å². The first-order valence-corrected chi connectivity index (χ1v) is 9.43. The van der Waals surface area contributed by atoms with Crippen molar-refractivity contribution in [1.29, 1.82) is 0 Å². The van der Waals surface area contributed by atoms with Gasteiger partial charge in [-0.25, -0.2) is 8.78 Å². The fraction of sp³-hybridized carbons (Fsp3) is 0.455. The van der Waals surface area contributed by atoms with E-state index in [2.05, 4.69) is 38.2 Å². The van der Waals surface area contributed by atoms with Gasteiger partial charge in [-0.3, -0.25) is 0 Å². The van der Waals surface area contributed by atoms with Crippen LogP contribution in [0.5, 0.6) is 5.75 Å². The molecule has 4 N–H and O–H groups in total. The molecule has 0 fully saturated rings. The Morgan fingerprint density at radius 3 is 2.36 bits per heavy atom. The van der Waals surface area contributed by atoms with Gasteiger partial charge in [0.2, 0.25) is 0 Å². The van der Waals surface area contributed by atoms with Gasteiger partial charge in [-0.05, 0) is 23.0 Å². The molecule has 0 aliphatic carbocycles. The molecule has 154 valence electrons. The molecular formula is C22H30F2N2O2. The second-order valence-corrected chi connectivity index (χ2v) is 8.34. The number of ether oxygens (including phenoxy) is 1. The first-order valence-electron chi connectivity index (χ1n) is 9.43. The third-order valence-electron chi connectivity index (χ3n) is 4.18. The number of aliphatic hydroxyl groups excluding tert-OH is 1. The van der Waals surface area contributed by atoms with E-state index in [1.165, 1.54) is 5.56 Å². The summed E-state index contributed by atoms with van der Waals surface area (Å²) in [5, 5.41) is 13.4. The highest BCUT2D eigenvalue weighted by Gasteiger charge is 2.16. The molecule has 2 aromatic rings. The standard InChI is InChI=1S/C22H30F2N2O2/c1-22(2,3)11-15-5-4-6-16(7-15)12-26-13-21(27)20(25)14-28-19-9-17(23)8-18(24)10-19/h4-10,20-21,26-27H,11-14,25H2,1-3H3/t20-,21+/m0/s1. The van der Waals surface area contributed by atoms with E-state index in [9.17, 15) is 13.9 Å². The van der Waals surface area contributed by atoms with Gasteiger partial charge in [0.05, 0.1) is 12.1 Å². The van der Waals surface area contributed by atoms with Crippen molar-refractivity contribution in [2.45, 2.75) is 45.9 Å². The van der Waals surface area contributed by atoms with Crippen LogP contribution in [0.3, 0.4) is 0 Å². The van der Waals surface area contributed by atoms with Crippen molar-refractivity contribution in [2.75, 3.05) is 13.2 Å². The number of hydrogen-bond acceptors (Lipinski definition) is 4. The van der Waals surface area contributed by atoms with Crippen molar-refractivity contribution in [2.24, 2.45) is 11.1 Å². The van der Waals surface area contributed by atoms with Gasteiger partial charge in [-0.2, -0.15) is 0 Å². The number of aliphatic hydroxyl groups is 1. The second-order valence-electron chi connectivity index (χ2n) is 8.34. The van der Waals surface area contributed by atoms with Crippen molar-refractivity contribution >= 4 is 0 Å². The molecule has 0 heterocycles. The minimum absolute atomic E-state index is 0.0452. The number of nitrogens with two attached hydrogens (primary N) is 1. The molecule has 0 amide bonds. The molecule has 0 aromatic heterocycles. The molecule has 6 heteroatoms. The molecular weight excluding hydrogens is 362 g/mol. The van der Waals surface area contributed by atoms with Gasteiger partial charge in [-0.1, -0.05) is 45.0 Å². The van der Waals surface area contributed by atoms with Gasteiger partial charge in [0, 0.05) is 31.3 Å². The van der Waals surface area contributed by atoms with Gasteiger partial charge in [0.15, 0.2) is 0 Å². The van der Waals surface area contributed by atoms with Gasteiger partial charge >= 0.3 is 0 Å². The zero-order chi connectivity index (χ0) is 20.7. The normalized spacial score (nSPS) is 14.0. The summed E-state index contributed by atoms with van der Waals surface area (Å²) >= 11 is 0. The Kier molecular flexibility index (Phi) is 7.92. The molecule has 0 unspecified atom stereocenters. The van der Waals surface area contributed by atoms with Crippen molar-refractivity contribution < 1.29 is 18.6 Å². The lowest BCUT2D eigenvalue weighted by atomic mass is 9.88. The Morgan fingerprint density at radius 2 is 1.71 bits per heavy atom. The number of halogens is 2.